The summed E-state index contributed by atoms with van der Waals surface area (Å²) in [6.45, 7) is 4.43. The quantitative estimate of drug-likeness (QED) is 0.685. The standard InChI is InChI=1S/C20H25BrN4O3/c1-4-12(2)16(19(26)28-3)24-20(27)25-10-9-15-17(23-11-22-15)18(25)13-5-7-14(21)8-6-13/h5-8,11-12,16,18H,4,9-10H2,1-3H3,(H,22,23)(H,24,27)/t12-,16+,18+/m1/s1. The number of imidazole rings is 1. The lowest BCUT2D eigenvalue weighted by molar-refractivity contribution is -0.144. The van der Waals surface area contributed by atoms with E-state index in [2.05, 4.69) is 31.2 Å². The molecule has 0 bridgehead atoms. The van der Waals surface area contributed by atoms with Gasteiger partial charge >= 0.3 is 12.0 Å². The number of rotatable bonds is 5. The van der Waals surface area contributed by atoms with E-state index in [1.807, 2.05) is 38.1 Å². The molecule has 0 aliphatic carbocycles. The van der Waals surface area contributed by atoms with Gasteiger partial charge in [-0.05, 0) is 23.6 Å². The molecule has 2 N–H and O–H groups in total. The molecule has 2 heterocycles. The first-order valence-electron chi connectivity index (χ1n) is 9.38. The highest BCUT2D eigenvalue weighted by molar-refractivity contribution is 9.10. The van der Waals surface area contributed by atoms with Gasteiger partial charge in [-0.25, -0.2) is 14.6 Å². The number of hydrogen-bond donors (Lipinski definition) is 2. The number of fused-ring (bicyclic) bond motifs is 1. The van der Waals surface area contributed by atoms with Gasteiger partial charge in [0.2, 0.25) is 0 Å². The lowest BCUT2D eigenvalue weighted by Gasteiger charge is -2.36. The van der Waals surface area contributed by atoms with Crippen LogP contribution in [0.3, 0.4) is 0 Å². The number of benzene rings is 1. The Hall–Kier alpha value is -2.35. The second-order valence-electron chi connectivity index (χ2n) is 7.00. The molecule has 1 aromatic carbocycles. The van der Waals surface area contributed by atoms with Gasteiger partial charge in [0.05, 0.1) is 19.1 Å². The van der Waals surface area contributed by atoms with Crippen LogP contribution in [0.2, 0.25) is 0 Å². The number of halogens is 1. The number of nitrogens with zero attached hydrogens (tertiary/aromatic N) is 2. The number of carbonyl (C=O) groups is 2. The van der Waals surface area contributed by atoms with Crippen LogP contribution in [-0.4, -0.2) is 46.6 Å². The fourth-order valence-corrected chi connectivity index (χ4v) is 3.75. The summed E-state index contributed by atoms with van der Waals surface area (Å²) in [5, 5.41) is 2.89. The molecular weight excluding hydrogens is 424 g/mol. The van der Waals surface area contributed by atoms with Crippen LogP contribution in [0.5, 0.6) is 0 Å². The molecule has 0 saturated heterocycles. The van der Waals surface area contributed by atoms with Crippen molar-refractivity contribution in [3.8, 4) is 0 Å². The van der Waals surface area contributed by atoms with Crippen molar-refractivity contribution >= 4 is 27.9 Å². The van der Waals surface area contributed by atoms with E-state index in [4.69, 9.17) is 4.74 Å². The number of amides is 2. The van der Waals surface area contributed by atoms with Gasteiger partial charge in [0, 0.05) is 23.1 Å². The molecule has 2 aromatic rings. The van der Waals surface area contributed by atoms with E-state index in [0.29, 0.717) is 13.0 Å². The van der Waals surface area contributed by atoms with Gasteiger partial charge in [0.25, 0.3) is 0 Å². The summed E-state index contributed by atoms with van der Waals surface area (Å²) in [7, 11) is 1.34. The summed E-state index contributed by atoms with van der Waals surface area (Å²) >= 11 is 3.45. The van der Waals surface area contributed by atoms with E-state index in [0.717, 1.165) is 27.8 Å². The Morgan fingerprint density at radius 1 is 1.39 bits per heavy atom. The van der Waals surface area contributed by atoms with Crippen molar-refractivity contribution in [2.75, 3.05) is 13.7 Å². The van der Waals surface area contributed by atoms with E-state index < -0.39 is 12.0 Å². The number of urea groups is 1. The zero-order chi connectivity index (χ0) is 20.3. The minimum atomic E-state index is -0.686. The number of methoxy groups -OCH3 is 1. The molecule has 1 aliphatic heterocycles. The van der Waals surface area contributed by atoms with E-state index in [1.165, 1.54) is 7.11 Å². The number of hydrogen-bond acceptors (Lipinski definition) is 4. The summed E-state index contributed by atoms with van der Waals surface area (Å²) in [6.07, 6.45) is 3.09. The van der Waals surface area contributed by atoms with Crippen LogP contribution in [0, 0.1) is 5.92 Å². The number of carbonyl (C=O) groups excluding carboxylic acids is 2. The first-order chi connectivity index (χ1) is 13.5. The fraction of sp³-hybridized carbons (Fsp3) is 0.450. The Labute approximate surface area is 173 Å². The SMILES string of the molecule is CC[C@@H](C)[C@H](NC(=O)N1CCc2[nH]cnc2[C@@H]1c1ccc(Br)cc1)C(=O)OC. The number of aromatic nitrogens is 2. The maximum Gasteiger partial charge on any atom is 0.328 e. The number of ether oxygens (including phenoxy) is 1. The normalized spacial score (nSPS) is 18.1. The topological polar surface area (TPSA) is 87.3 Å². The summed E-state index contributed by atoms with van der Waals surface area (Å²) in [6, 6.07) is 6.55. The Balaban J connectivity index is 1.91. The zero-order valence-corrected chi connectivity index (χ0v) is 17.8. The van der Waals surface area contributed by atoms with Crippen LogP contribution in [-0.2, 0) is 16.0 Å². The molecule has 0 saturated carbocycles. The van der Waals surface area contributed by atoms with Crippen LogP contribution < -0.4 is 5.32 Å². The third kappa shape index (κ3) is 4.06. The highest BCUT2D eigenvalue weighted by Gasteiger charge is 2.36. The summed E-state index contributed by atoms with van der Waals surface area (Å²) in [5.41, 5.74) is 2.83. The maximum absolute atomic E-state index is 13.2. The fourth-order valence-electron chi connectivity index (χ4n) is 3.49. The second kappa shape index (κ2) is 8.77. The maximum atomic E-state index is 13.2. The molecule has 8 heteroatoms. The molecule has 0 radical (unpaired) electrons. The third-order valence-electron chi connectivity index (χ3n) is 5.32. The predicted molar refractivity (Wildman–Crippen MR) is 109 cm³/mol. The molecule has 0 spiro atoms. The van der Waals surface area contributed by atoms with E-state index in [-0.39, 0.29) is 18.0 Å². The van der Waals surface area contributed by atoms with Crippen LogP contribution in [0.1, 0.15) is 43.3 Å². The van der Waals surface area contributed by atoms with Crippen LogP contribution >= 0.6 is 15.9 Å². The second-order valence-corrected chi connectivity index (χ2v) is 7.92. The van der Waals surface area contributed by atoms with E-state index >= 15 is 0 Å². The van der Waals surface area contributed by atoms with Crippen LogP contribution in [0.25, 0.3) is 0 Å². The lowest BCUT2D eigenvalue weighted by atomic mass is 9.95. The zero-order valence-electron chi connectivity index (χ0n) is 16.2. The number of esters is 1. The summed E-state index contributed by atoms with van der Waals surface area (Å²) in [4.78, 5) is 34.8. The van der Waals surface area contributed by atoms with Crippen molar-refractivity contribution in [2.45, 2.75) is 38.8 Å². The Morgan fingerprint density at radius 3 is 2.75 bits per heavy atom. The Bertz CT molecular complexity index is 836. The first-order valence-corrected chi connectivity index (χ1v) is 10.2. The molecule has 3 rings (SSSR count). The number of H-pyrrole nitrogens is 1. The Kier molecular flexibility index (Phi) is 6.39. The average molecular weight is 449 g/mol. The molecule has 2 amide bonds. The van der Waals surface area contributed by atoms with Gasteiger partial charge in [-0.2, -0.15) is 0 Å². The number of nitrogens with one attached hydrogen (secondary N) is 2. The van der Waals surface area contributed by atoms with Crippen LogP contribution in [0.4, 0.5) is 4.79 Å². The molecule has 7 nitrogen and oxygen atoms in total. The van der Waals surface area contributed by atoms with E-state index in [9.17, 15) is 9.59 Å². The largest absolute Gasteiger partial charge is 0.467 e. The minimum Gasteiger partial charge on any atom is -0.467 e. The molecule has 0 fully saturated rings. The van der Waals surface area contributed by atoms with Gasteiger partial charge in [-0.1, -0.05) is 48.3 Å². The highest BCUT2D eigenvalue weighted by Crippen LogP contribution is 2.34. The van der Waals surface area contributed by atoms with E-state index in [1.54, 1.807) is 11.2 Å². The third-order valence-corrected chi connectivity index (χ3v) is 5.85. The molecule has 28 heavy (non-hydrogen) atoms. The highest BCUT2D eigenvalue weighted by atomic mass is 79.9. The van der Waals surface area contributed by atoms with Gasteiger partial charge in [-0.3, -0.25) is 0 Å². The van der Waals surface area contributed by atoms with Crippen molar-refractivity contribution in [2.24, 2.45) is 5.92 Å². The molecule has 0 unspecified atom stereocenters. The van der Waals surface area contributed by atoms with Crippen molar-refractivity contribution < 1.29 is 14.3 Å². The van der Waals surface area contributed by atoms with Gasteiger partial charge in [-0.15, -0.1) is 0 Å². The summed E-state index contributed by atoms with van der Waals surface area (Å²) in [5.74, 6) is -0.464. The molecule has 1 aromatic heterocycles. The van der Waals surface area contributed by atoms with Gasteiger partial charge < -0.3 is 19.9 Å². The van der Waals surface area contributed by atoms with Crippen molar-refractivity contribution in [3.63, 3.8) is 0 Å². The molecular formula is C20H25BrN4O3. The number of aromatic amines is 1. The van der Waals surface area contributed by atoms with Crippen molar-refractivity contribution in [1.82, 2.24) is 20.2 Å². The summed E-state index contributed by atoms with van der Waals surface area (Å²) < 4.78 is 5.86. The molecule has 150 valence electrons. The minimum absolute atomic E-state index is 0.0340. The van der Waals surface area contributed by atoms with Crippen molar-refractivity contribution in [3.05, 3.63) is 52.0 Å². The molecule has 1 aliphatic rings. The van der Waals surface area contributed by atoms with Gasteiger partial charge in [0.1, 0.15) is 12.1 Å². The van der Waals surface area contributed by atoms with Crippen LogP contribution in [0.15, 0.2) is 35.1 Å². The Morgan fingerprint density at radius 2 is 2.11 bits per heavy atom. The smallest absolute Gasteiger partial charge is 0.328 e. The monoisotopic (exact) mass is 448 g/mol. The molecule has 3 atom stereocenters. The van der Waals surface area contributed by atoms with Gasteiger partial charge in [0.15, 0.2) is 0 Å². The van der Waals surface area contributed by atoms with Crippen molar-refractivity contribution in [1.29, 1.82) is 0 Å². The predicted octanol–water partition coefficient (Wildman–Crippen LogP) is 3.42. The first kappa shape index (κ1) is 20.4. The lowest BCUT2D eigenvalue weighted by Crippen LogP contribution is -2.53. The average Bonchev–Trinajstić information content (AvgIpc) is 3.19.